The van der Waals surface area contributed by atoms with Crippen molar-refractivity contribution < 1.29 is 22.6 Å². The molecular formula is C13H12F3N3O2. The number of nitrogens with one attached hydrogen (secondary N) is 1. The minimum absolute atomic E-state index is 0.00465. The van der Waals surface area contributed by atoms with Crippen LogP contribution in [0.4, 0.5) is 24.8 Å². The standard InChI is InChI=1S/C13H12F3N3O2/c1-20-9-5-3-8(4-6-9)18-12-17-7-10(13(14,15)16)11(19-12)21-2/h3-7H,1-2H3,(H,17,18,19). The predicted molar refractivity (Wildman–Crippen MR) is 69.9 cm³/mol. The van der Waals surface area contributed by atoms with Crippen molar-refractivity contribution in [3.05, 3.63) is 36.0 Å². The lowest BCUT2D eigenvalue weighted by molar-refractivity contribution is -0.139. The molecule has 0 aliphatic carbocycles. The molecular weight excluding hydrogens is 287 g/mol. The largest absolute Gasteiger partial charge is 0.497 e. The van der Waals surface area contributed by atoms with Crippen molar-refractivity contribution in [1.82, 2.24) is 9.97 Å². The second-order valence-electron chi connectivity index (χ2n) is 3.97. The molecule has 0 amide bonds. The van der Waals surface area contributed by atoms with Gasteiger partial charge in [0.05, 0.1) is 14.2 Å². The molecule has 1 aromatic heterocycles. The fourth-order valence-electron chi connectivity index (χ4n) is 1.58. The van der Waals surface area contributed by atoms with Gasteiger partial charge in [0.25, 0.3) is 0 Å². The van der Waals surface area contributed by atoms with E-state index in [1.54, 1.807) is 24.3 Å². The number of ether oxygens (including phenoxy) is 2. The first-order valence-electron chi connectivity index (χ1n) is 5.83. The quantitative estimate of drug-likeness (QED) is 0.939. The van der Waals surface area contributed by atoms with E-state index in [9.17, 15) is 13.2 Å². The molecule has 0 spiro atoms. The number of anilines is 2. The summed E-state index contributed by atoms with van der Waals surface area (Å²) in [6.07, 6.45) is -3.89. The van der Waals surface area contributed by atoms with Crippen LogP contribution in [0.15, 0.2) is 30.5 Å². The molecule has 112 valence electrons. The number of nitrogens with zero attached hydrogens (tertiary/aromatic N) is 2. The van der Waals surface area contributed by atoms with Crippen LogP contribution in [-0.4, -0.2) is 24.2 Å². The summed E-state index contributed by atoms with van der Waals surface area (Å²) in [4.78, 5) is 7.34. The number of methoxy groups -OCH3 is 2. The Balaban J connectivity index is 2.24. The van der Waals surface area contributed by atoms with E-state index >= 15 is 0 Å². The number of halogens is 3. The van der Waals surface area contributed by atoms with E-state index in [1.165, 1.54) is 7.11 Å². The van der Waals surface area contributed by atoms with Crippen LogP contribution in [0.2, 0.25) is 0 Å². The molecule has 2 rings (SSSR count). The third-order valence-corrected chi connectivity index (χ3v) is 2.60. The SMILES string of the molecule is COc1ccc(Nc2ncc(C(F)(F)F)c(OC)n2)cc1. The summed E-state index contributed by atoms with van der Waals surface area (Å²) in [6, 6.07) is 6.77. The zero-order chi connectivity index (χ0) is 15.5. The van der Waals surface area contributed by atoms with E-state index in [4.69, 9.17) is 4.74 Å². The topological polar surface area (TPSA) is 56.3 Å². The molecule has 1 aromatic carbocycles. The summed E-state index contributed by atoms with van der Waals surface area (Å²) < 4.78 is 47.7. The number of rotatable bonds is 4. The van der Waals surface area contributed by atoms with Gasteiger partial charge in [-0.05, 0) is 24.3 Å². The molecule has 0 bridgehead atoms. The predicted octanol–water partition coefficient (Wildman–Crippen LogP) is 3.26. The Morgan fingerprint density at radius 1 is 1.05 bits per heavy atom. The van der Waals surface area contributed by atoms with Gasteiger partial charge in [-0.3, -0.25) is 0 Å². The Hall–Kier alpha value is -2.51. The highest BCUT2D eigenvalue weighted by atomic mass is 19.4. The Bertz CT molecular complexity index is 615. The van der Waals surface area contributed by atoms with Gasteiger partial charge in [0.15, 0.2) is 0 Å². The first-order valence-corrected chi connectivity index (χ1v) is 5.83. The number of aromatic nitrogens is 2. The van der Waals surface area contributed by atoms with Crippen molar-refractivity contribution in [2.45, 2.75) is 6.18 Å². The van der Waals surface area contributed by atoms with Gasteiger partial charge >= 0.3 is 6.18 Å². The molecule has 0 unspecified atom stereocenters. The number of hydrogen-bond donors (Lipinski definition) is 1. The average molecular weight is 299 g/mol. The second kappa shape index (κ2) is 5.86. The van der Waals surface area contributed by atoms with E-state index in [2.05, 4.69) is 20.0 Å². The van der Waals surface area contributed by atoms with Gasteiger partial charge in [-0.25, -0.2) is 4.98 Å². The molecule has 1 heterocycles. The van der Waals surface area contributed by atoms with Gasteiger partial charge in [-0.1, -0.05) is 0 Å². The Morgan fingerprint density at radius 2 is 1.71 bits per heavy atom. The van der Waals surface area contributed by atoms with Crippen LogP contribution in [0, 0.1) is 0 Å². The molecule has 5 nitrogen and oxygen atoms in total. The molecule has 0 atom stereocenters. The van der Waals surface area contributed by atoms with Crippen LogP contribution in [0.5, 0.6) is 11.6 Å². The van der Waals surface area contributed by atoms with Crippen LogP contribution in [-0.2, 0) is 6.18 Å². The number of hydrogen-bond acceptors (Lipinski definition) is 5. The third-order valence-electron chi connectivity index (χ3n) is 2.60. The van der Waals surface area contributed by atoms with Crippen molar-refractivity contribution in [2.24, 2.45) is 0 Å². The minimum Gasteiger partial charge on any atom is -0.497 e. The monoisotopic (exact) mass is 299 g/mol. The van der Waals surface area contributed by atoms with E-state index < -0.39 is 17.6 Å². The van der Waals surface area contributed by atoms with Crippen LogP contribution in [0.3, 0.4) is 0 Å². The van der Waals surface area contributed by atoms with E-state index in [-0.39, 0.29) is 5.95 Å². The minimum atomic E-state index is -4.57. The summed E-state index contributed by atoms with van der Waals surface area (Å²) in [5, 5.41) is 2.78. The maximum Gasteiger partial charge on any atom is 0.423 e. The van der Waals surface area contributed by atoms with Crippen LogP contribution in [0.25, 0.3) is 0 Å². The van der Waals surface area contributed by atoms with Crippen molar-refractivity contribution in [3.63, 3.8) is 0 Å². The molecule has 0 radical (unpaired) electrons. The van der Waals surface area contributed by atoms with Gasteiger partial charge in [0.1, 0.15) is 11.3 Å². The first kappa shape index (κ1) is 14.9. The van der Waals surface area contributed by atoms with Crippen molar-refractivity contribution in [2.75, 3.05) is 19.5 Å². The summed E-state index contributed by atoms with van der Waals surface area (Å²) in [5.74, 6) is 0.130. The van der Waals surface area contributed by atoms with E-state index in [0.717, 1.165) is 7.11 Å². The van der Waals surface area contributed by atoms with Crippen molar-refractivity contribution in [1.29, 1.82) is 0 Å². The normalized spacial score (nSPS) is 11.1. The van der Waals surface area contributed by atoms with Crippen molar-refractivity contribution in [3.8, 4) is 11.6 Å². The third kappa shape index (κ3) is 3.53. The second-order valence-corrected chi connectivity index (χ2v) is 3.97. The summed E-state index contributed by atoms with van der Waals surface area (Å²) in [7, 11) is 2.65. The smallest absolute Gasteiger partial charge is 0.423 e. The lowest BCUT2D eigenvalue weighted by Crippen LogP contribution is -2.11. The fraction of sp³-hybridized carbons (Fsp3) is 0.231. The summed E-state index contributed by atoms with van der Waals surface area (Å²) in [6.45, 7) is 0. The maximum atomic E-state index is 12.7. The van der Waals surface area contributed by atoms with Gasteiger partial charge < -0.3 is 14.8 Å². The molecule has 0 aliphatic rings. The number of benzene rings is 1. The van der Waals surface area contributed by atoms with Crippen LogP contribution in [0.1, 0.15) is 5.56 Å². The summed E-state index contributed by atoms with van der Waals surface area (Å²) in [5.41, 5.74) is -0.414. The molecule has 2 aromatic rings. The molecule has 0 saturated heterocycles. The van der Waals surface area contributed by atoms with Crippen LogP contribution >= 0.6 is 0 Å². The molecule has 0 aliphatic heterocycles. The fourth-order valence-corrected chi connectivity index (χ4v) is 1.58. The number of alkyl halides is 3. The van der Waals surface area contributed by atoms with Gasteiger partial charge in [-0.15, -0.1) is 0 Å². The summed E-state index contributed by atoms with van der Waals surface area (Å²) >= 11 is 0. The Kier molecular flexibility index (Phi) is 4.15. The molecule has 0 fully saturated rings. The molecule has 8 heteroatoms. The van der Waals surface area contributed by atoms with Gasteiger partial charge in [0, 0.05) is 11.9 Å². The molecule has 1 N–H and O–H groups in total. The Labute approximate surface area is 118 Å². The first-order chi connectivity index (χ1) is 9.94. The highest BCUT2D eigenvalue weighted by molar-refractivity contribution is 5.55. The highest BCUT2D eigenvalue weighted by Gasteiger charge is 2.36. The molecule has 0 saturated carbocycles. The average Bonchev–Trinajstić information content (AvgIpc) is 2.46. The van der Waals surface area contributed by atoms with Gasteiger partial charge in [0.2, 0.25) is 11.8 Å². The van der Waals surface area contributed by atoms with Crippen molar-refractivity contribution >= 4 is 11.6 Å². The van der Waals surface area contributed by atoms with E-state index in [1.807, 2.05) is 0 Å². The lowest BCUT2D eigenvalue weighted by Gasteiger charge is -2.12. The Morgan fingerprint density at radius 3 is 2.24 bits per heavy atom. The highest BCUT2D eigenvalue weighted by Crippen LogP contribution is 2.35. The van der Waals surface area contributed by atoms with E-state index in [0.29, 0.717) is 17.6 Å². The zero-order valence-corrected chi connectivity index (χ0v) is 11.2. The van der Waals surface area contributed by atoms with Gasteiger partial charge in [-0.2, -0.15) is 18.2 Å². The molecule has 21 heavy (non-hydrogen) atoms. The van der Waals surface area contributed by atoms with Crippen LogP contribution < -0.4 is 14.8 Å². The maximum absolute atomic E-state index is 12.7. The lowest BCUT2D eigenvalue weighted by atomic mass is 10.3. The zero-order valence-electron chi connectivity index (χ0n) is 11.2.